The normalized spacial score (nSPS) is 17.4. The number of benzene rings is 1. The molecule has 0 amide bonds. The second-order valence-electron chi connectivity index (χ2n) is 4.78. The molecule has 0 saturated carbocycles. The monoisotopic (exact) mass is 293 g/mol. The number of halogens is 1. The molecule has 0 aliphatic carbocycles. The fourth-order valence-electron chi connectivity index (χ4n) is 2.14. The van der Waals surface area contributed by atoms with Crippen molar-refractivity contribution in [3.8, 4) is 0 Å². The first-order chi connectivity index (χ1) is 9.66. The van der Waals surface area contributed by atoms with E-state index in [9.17, 15) is 0 Å². The third-order valence-corrected chi connectivity index (χ3v) is 3.65. The van der Waals surface area contributed by atoms with E-state index in [1.165, 1.54) is 6.42 Å². The largest absolute Gasteiger partial charge is 0.369 e. The number of rotatable bonds is 2. The highest BCUT2D eigenvalue weighted by atomic mass is 35.5. The molecule has 20 heavy (non-hydrogen) atoms. The summed E-state index contributed by atoms with van der Waals surface area (Å²) in [5.74, 6) is 0.637. The van der Waals surface area contributed by atoms with Crippen molar-refractivity contribution in [2.45, 2.75) is 25.8 Å². The van der Waals surface area contributed by atoms with Crippen LogP contribution >= 0.6 is 11.6 Å². The smallest absolute Gasteiger partial charge is 0.218 e. The zero-order valence-corrected chi connectivity index (χ0v) is 12.2. The Morgan fingerprint density at radius 3 is 2.55 bits per heavy atom. The molecular formula is C14H20ClN5. The number of nitrogens with two attached hydrogens (primary N) is 2. The lowest BCUT2D eigenvalue weighted by Crippen LogP contribution is -2.41. The third kappa shape index (κ3) is 4.13. The van der Waals surface area contributed by atoms with Gasteiger partial charge >= 0.3 is 0 Å². The highest BCUT2D eigenvalue weighted by molar-refractivity contribution is 6.31. The standard InChI is InChI=1S/C14H20ClN5/c15-12-7-3-2-6-11(12)10-18-13(16)19-14(17)20-8-4-1-5-9-20/h2-3,6-7H,1,4-5,8-10H2,(H4,16,17,18,19). The van der Waals surface area contributed by atoms with Crippen LogP contribution in [0, 0.1) is 0 Å². The van der Waals surface area contributed by atoms with Gasteiger partial charge in [-0.05, 0) is 30.9 Å². The minimum absolute atomic E-state index is 0.188. The second kappa shape index (κ2) is 7.14. The van der Waals surface area contributed by atoms with Gasteiger partial charge in [0.05, 0.1) is 6.54 Å². The van der Waals surface area contributed by atoms with Crippen LogP contribution in [0.25, 0.3) is 0 Å². The molecule has 1 aromatic rings. The number of piperidine rings is 1. The van der Waals surface area contributed by atoms with E-state index in [-0.39, 0.29) is 5.96 Å². The van der Waals surface area contributed by atoms with Crippen LogP contribution in [0.2, 0.25) is 5.02 Å². The van der Waals surface area contributed by atoms with Gasteiger partial charge in [0.2, 0.25) is 5.96 Å². The molecule has 0 radical (unpaired) electrons. The molecule has 6 heteroatoms. The van der Waals surface area contributed by atoms with Crippen molar-refractivity contribution >= 4 is 23.5 Å². The van der Waals surface area contributed by atoms with Crippen molar-refractivity contribution in [2.75, 3.05) is 13.1 Å². The molecule has 5 nitrogen and oxygen atoms in total. The Balaban J connectivity index is 1.98. The molecule has 1 aliphatic heterocycles. The van der Waals surface area contributed by atoms with E-state index < -0.39 is 0 Å². The van der Waals surface area contributed by atoms with Crippen LogP contribution in [0.1, 0.15) is 24.8 Å². The summed E-state index contributed by atoms with van der Waals surface area (Å²) in [5, 5.41) is 0.678. The maximum Gasteiger partial charge on any atom is 0.218 e. The van der Waals surface area contributed by atoms with E-state index in [4.69, 9.17) is 23.1 Å². The summed E-state index contributed by atoms with van der Waals surface area (Å²) < 4.78 is 0. The first-order valence-electron chi connectivity index (χ1n) is 6.79. The summed E-state index contributed by atoms with van der Waals surface area (Å²) in [6, 6.07) is 7.54. The average molecular weight is 294 g/mol. The first kappa shape index (κ1) is 14.7. The summed E-state index contributed by atoms with van der Waals surface area (Å²) in [6.07, 6.45) is 3.54. The molecular weight excluding hydrogens is 274 g/mol. The number of guanidine groups is 2. The van der Waals surface area contributed by atoms with E-state index in [2.05, 4.69) is 9.98 Å². The molecule has 2 rings (SSSR count). The number of hydrogen-bond donors (Lipinski definition) is 2. The Morgan fingerprint density at radius 2 is 1.85 bits per heavy atom. The van der Waals surface area contributed by atoms with Gasteiger partial charge < -0.3 is 16.4 Å². The fraction of sp³-hybridized carbons (Fsp3) is 0.429. The molecule has 0 atom stereocenters. The molecule has 0 bridgehead atoms. The van der Waals surface area contributed by atoms with Gasteiger partial charge in [-0.1, -0.05) is 29.8 Å². The van der Waals surface area contributed by atoms with Crippen molar-refractivity contribution in [2.24, 2.45) is 21.5 Å². The van der Waals surface area contributed by atoms with Gasteiger partial charge in [-0.25, -0.2) is 4.99 Å². The van der Waals surface area contributed by atoms with Crippen LogP contribution in [0.4, 0.5) is 0 Å². The van der Waals surface area contributed by atoms with E-state index in [0.29, 0.717) is 17.5 Å². The molecule has 0 unspecified atom stereocenters. The number of nitrogens with zero attached hydrogens (tertiary/aromatic N) is 3. The summed E-state index contributed by atoms with van der Waals surface area (Å²) in [7, 11) is 0. The van der Waals surface area contributed by atoms with Crippen LogP contribution < -0.4 is 11.5 Å². The lowest BCUT2D eigenvalue weighted by atomic mass is 10.1. The summed E-state index contributed by atoms with van der Waals surface area (Å²) >= 11 is 6.06. The SMILES string of the molecule is NC(=NCc1ccccc1Cl)N=C(N)N1CCCCC1. The van der Waals surface area contributed by atoms with E-state index in [1.54, 1.807) is 0 Å². The zero-order chi connectivity index (χ0) is 14.4. The molecule has 1 aromatic carbocycles. The van der Waals surface area contributed by atoms with Gasteiger partial charge in [-0.15, -0.1) is 0 Å². The van der Waals surface area contributed by atoms with Crippen LogP contribution in [0.5, 0.6) is 0 Å². The van der Waals surface area contributed by atoms with Crippen LogP contribution in [-0.4, -0.2) is 29.9 Å². The number of hydrogen-bond acceptors (Lipinski definition) is 1. The Labute approximate surface area is 124 Å². The number of aliphatic imine (C=N–C) groups is 2. The van der Waals surface area contributed by atoms with Gasteiger partial charge in [-0.2, -0.15) is 4.99 Å². The van der Waals surface area contributed by atoms with Crippen molar-refractivity contribution < 1.29 is 0 Å². The van der Waals surface area contributed by atoms with E-state index in [0.717, 1.165) is 31.5 Å². The quantitative estimate of drug-likeness (QED) is 0.646. The molecule has 108 valence electrons. The maximum atomic E-state index is 6.06. The maximum absolute atomic E-state index is 6.06. The number of likely N-dealkylation sites (tertiary alicyclic amines) is 1. The molecule has 4 N–H and O–H groups in total. The molecule has 1 heterocycles. The first-order valence-corrected chi connectivity index (χ1v) is 7.17. The van der Waals surface area contributed by atoms with Gasteiger partial charge in [-0.3, -0.25) is 0 Å². The lowest BCUT2D eigenvalue weighted by molar-refractivity contribution is 0.339. The highest BCUT2D eigenvalue weighted by Gasteiger charge is 2.12. The highest BCUT2D eigenvalue weighted by Crippen LogP contribution is 2.15. The van der Waals surface area contributed by atoms with Crippen LogP contribution in [-0.2, 0) is 6.54 Å². The third-order valence-electron chi connectivity index (χ3n) is 3.28. The minimum Gasteiger partial charge on any atom is -0.369 e. The lowest BCUT2D eigenvalue weighted by Gasteiger charge is -2.27. The summed E-state index contributed by atoms with van der Waals surface area (Å²) in [6.45, 7) is 2.28. The van der Waals surface area contributed by atoms with Crippen molar-refractivity contribution in [1.29, 1.82) is 0 Å². The van der Waals surface area contributed by atoms with Gasteiger partial charge in [0.15, 0.2) is 5.96 Å². The Bertz CT molecular complexity index is 506. The molecule has 1 aliphatic rings. The fourth-order valence-corrected chi connectivity index (χ4v) is 2.33. The molecule has 1 fully saturated rings. The zero-order valence-electron chi connectivity index (χ0n) is 11.4. The van der Waals surface area contributed by atoms with Crippen LogP contribution in [0.3, 0.4) is 0 Å². The topological polar surface area (TPSA) is 80.0 Å². The molecule has 1 saturated heterocycles. The van der Waals surface area contributed by atoms with E-state index in [1.807, 2.05) is 29.2 Å². The van der Waals surface area contributed by atoms with Crippen molar-refractivity contribution in [1.82, 2.24) is 4.90 Å². The predicted molar refractivity (Wildman–Crippen MR) is 83.8 cm³/mol. The summed E-state index contributed by atoms with van der Waals surface area (Å²) in [5.41, 5.74) is 12.6. The Hall–Kier alpha value is -1.75. The summed E-state index contributed by atoms with van der Waals surface area (Å²) in [4.78, 5) is 10.4. The molecule has 0 spiro atoms. The second-order valence-corrected chi connectivity index (χ2v) is 5.19. The van der Waals surface area contributed by atoms with Crippen molar-refractivity contribution in [3.63, 3.8) is 0 Å². The van der Waals surface area contributed by atoms with Gasteiger partial charge in [0, 0.05) is 18.1 Å². The van der Waals surface area contributed by atoms with Gasteiger partial charge in [0.1, 0.15) is 0 Å². The van der Waals surface area contributed by atoms with E-state index >= 15 is 0 Å². The van der Waals surface area contributed by atoms with Crippen LogP contribution in [0.15, 0.2) is 34.3 Å². The Kier molecular flexibility index (Phi) is 5.24. The predicted octanol–water partition coefficient (Wildman–Crippen LogP) is 1.96. The molecule has 0 aromatic heterocycles. The average Bonchev–Trinajstić information content (AvgIpc) is 2.47. The minimum atomic E-state index is 0.188. The van der Waals surface area contributed by atoms with Gasteiger partial charge in [0.25, 0.3) is 0 Å². The Morgan fingerprint density at radius 1 is 1.15 bits per heavy atom. The van der Waals surface area contributed by atoms with Crippen molar-refractivity contribution in [3.05, 3.63) is 34.9 Å².